The average Bonchev–Trinajstić information content (AvgIpc) is 2.38. The maximum absolute atomic E-state index is 8.41. The van der Waals surface area contributed by atoms with E-state index in [1.165, 1.54) is 23.0 Å². The molecule has 0 aromatic carbocycles. The Labute approximate surface area is 172 Å². The van der Waals surface area contributed by atoms with Gasteiger partial charge in [-0.2, -0.15) is 55.0 Å². The van der Waals surface area contributed by atoms with Crippen LogP contribution in [0.5, 0.6) is 0 Å². The van der Waals surface area contributed by atoms with Crippen molar-refractivity contribution in [1.82, 2.24) is 0 Å². The molecular formula is C11H24BrNaO3S4. The van der Waals surface area contributed by atoms with Crippen LogP contribution < -0.4 is 34.7 Å². The molecule has 2 rings (SSSR count). The third-order valence-corrected chi connectivity index (χ3v) is 7.17. The summed E-state index contributed by atoms with van der Waals surface area (Å²) in [6.45, 7) is 0.575. The Kier molecular flexibility index (Phi) is 33.1. The SMILES string of the molecule is C[O-].OCCBr.OCCSC1CSC1.SC1CSC1.[Na+]. The summed E-state index contributed by atoms with van der Waals surface area (Å²) in [6, 6.07) is 0. The molecule has 2 N–H and O–H groups in total. The number of halogens is 1. The number of rotatable bonds is 4. The van der Waals surface area contributed by atoms with Gasteiger partial charge >= 0.3 is 29.6 Å². The number of aliphatic hydroxyl groups is 2. The van der Waals surface area contributed by atoms with E-state index in [2.05, 4.69) is 28.6 Å². The molecule has 0 aliphatic carbocycles. The number of hydrogen-bond acceptors (Lipinski definition) is 7. The summed E-state index contributed by atoms with van der Waals surface area (Å²) in [5.41, 5.74) is 0. The van der Waals surface area contributed by atoms with Crippen molar-refractivity contribution in [3.63, 3.8) is 0 Å². The van der Waals surface area contributed by atoms with Gasteiger partial charge in [0, 0.05) is 44.6 Å². The number of thioether (sulfide) groups is 3. The standard InChI is InChI=1S/C5H10OS2.C3H6S2.C2H5BrO.CH3O.Na/c6-1-2-8-5-3-7-4-5;4-3-1-5-2-3;3-1-2-4;1-2;/h5-6H,1-4H2;3-4H,1-2H2;4H,1-2H2;1H3;/q;;;-1;+1. The van der Waals surface area contributed by atoms with E-state index in [4.69, 9.17) is 15.3 Å². The molecule has 0 aromatic heterocycles. The topological polar surface area (TPSA) is 63.5 Å². The summed E-state index contributed by atoms with van der Waals surface area (Å²) in [5, 5.41) is 26.7. The first kappa shape index (κ1) is 27.6. The van der Waals surface area contributed by atoms with Gasteiger partial charge in [0.05, 0.1) is 13.2 Å². The maximum atomic E-state index is 8.41. The predicted octanol–water partition coefficient (Wildman–Crippen LogP) is -1.79. The van der Waals surface area contributed by atoms with E-state index in [0.717, 1.165) is 23.4 Å². The molecule has 0 saturated carbocycles. The smallest absolute Gasteiger partial charge is 0.857 e. The fraction of sp³-hybridized carbons (Fsp3) is 1.00. The molecule has 9 heteroatoms. The monoisotopic (exact) mass is 434 g/mol. The van der Waals surface area contributed by atoms with E-state index in [-0.39, 0.29) is 36.2 Å². The second-order valence-electron chi connectivity index (χ2n) is 3.36. The molecule has 0 unspecified atom stereocenters. The molecule has 0 bridgehead atoms. The van der Waals surface area contributed by atoms with Gasteiger partial charge in [0.2, 0.25) is 0 Å². The summed E-state index contributed by atoms with van der Waals surface area (Å²) in [5.74, 6) is 6.05. The quantitative estimate of drug-likeness (QED) is 0.276. The molecule has 0 radical (unpaired) electrons. The molecule has 0 atom stereocenters. The van der Waals surface area contributed by atoms with E-state index in [1.54, 1.807) is 0 Å². The summed E-state index contributed by atoms with van der Waals surface area (Å²) < 4.78 is 0. The molecule has 118 valence electrons. The van der Waals surface area contributed by atoms with Gasteiger partial charge in [0.1, 0.15) is 0 Å². The Bertz CT molecular complexity index is 165. The molecule has 2 aliphatic heterocycles. The number of alkyl halides is 1. The van der Waals surface area contributed by atoms with Gasteiger partial charge in [0.15, 0.2) is 0 Å². The molecule has 2 saturated heterocycles. The average molecular weight is 435 g/mol. The van der Waals surface area contributed by atoms with E-state index in [0.29, 0.717) is 11.9 Å². The van der Waals surface area contributed by atoms with Crippen molar-refractivity contribution in [2.45, 2.75) is 10.5 Å². The zero-order valence-electron chi connectivity index (χ0n) is 12.2. The Hall–Kier alpha value is 2.76. The zero-order valence-corrected chi connectivity index (χ0v) is 19.1. The van der Waals surface area contributed by atoms with Crippen LogP contribution >= 0.6 is 63.8 Å². The van der Waals surface area contributed by atoms with Crippen molar-refractivity contribution >= 4 is 63.8 Å². The van der Waals surface area contributed by atoms with Crippen LogP contribution in [0.1, 0.15) is 0 Å². The molecule has 2 fully saturated rings. The van der Waals surface area contributed by atoms with Crippen molar-refractivity contribution in [1.29, 1.82) is 0 Å². The van der Waals surface area contributed by atoms with Crippen molar-refractivity contribution in [3.05, 3.63) is 0 Å². The second kappa shape index (κ2) is 24.0. The third-order valence-electron chi connectivity index (χ3n) is 1.76. The van der Waals surface area contributed by atoms with Crippen LogP contribution in [0.3, 0.4) is 0 Å². The van der Waals surface area contributed by atoms with Crippen molar-refractivity contribution in [2.24, 2.45) is 0 Å². The Balaban J connectivity index is -0.000000211. The first-order valence-corrected chi connectivity index (χ1v) is 10.9. The molecule has 2 heterocycles. The van der Waals surface area contributed by atoms with Gasteiger partial charge in [-0.25, -0.2) is 0 Å². The van der Waals surface area contributed by atoms with Crippen LogP contribution in [0.25, 0.3) is 0 Å². The third kappa shape index (κ3) is 20.8. The minimum Gasteiger partial charge on any atom is -0.857 e. The Morgan fingerprint density at radius 3 is 1.70 bits per heavy atom. The molecule has 3 nitrogen and oxygen atoms in total. The van der Waals surface area contributed by atoms with Gasteiger partial charge in [-0.1, -0.05) is 15.9 Å². The van der Waals surface area contributed by atoms with Crippen molar-refractivity contribution in [2.75, 3.05) is 54.4 Å². The molecule has 0 amide bonds. The van der Waals surface area contributed by atoms with E-state index < -0.39 is 0 Å². The van der Waals surface area contributed by atoms with Crippen LogP contribution in [0.2, 0.25) is 0 Å². The van der Waals surface area contributed by atoms with Gasteiger partial charge < -0.3 is 15.3 Å². The fourth-order valence-electron chi connectivity index (χ4n) is 0.753. The van der Waals surface area contributed by atoms with Gasteiger partial charge in [-0.05, 0) is 0 Å². The number of hydrogen-bond donors (Lipinski definition) is 3. The maximum Gasteiger partial charge on any atom is 1.00 e. The molecule has 0 aromatic rings. The summed E-state index contributed by atoms with van der Waals surface area (Å²) in [6.07, 6.45) is 0. The second-order valence-corrected chi connectivity index (χ2v) is 8.44. The summed E-state index contributed by atoms with van der Waals surface area (Å²) in [4.78, 5) is 0. The Morgan fingerprint density at radius 2 is 1.55 bits per heavy atom. The number of aliphatic hydroxyl groups excluding tert-OH is 2. The van der Waals surface area contributed by atoms with Gasteiger partial charge in [0.25, 0.3) is 0 Å². The normalized spacial score (nSPS) is 16.5. The minimum atomic E-state index is 0. The van der Waals surface area contributed by atoms with E-state index in [1.807, 2.05) is 35.3 Å². The first-order chi connectivity index (χ1) is 9.24. The minimum absolute atomic E-state index is 0. The van der Waals surface area contributed by atoms with Gasteiger partial charge in [-0.3, -0.25) is 0 Å². The first-order valence-electron chi connectivity index (χ1n) is 5.88. The number of thiol groups is 1. The summed E-state index contributed by atoms with van der Waals surface area (Å²) in [7, 11) is 0.750. The van der Waals surface area contributed by atoms with Crippen LogP contribution in [0.15, 0.2) is 0 Å². The molecule has 20 heavy (non-hydrogen) atoms. The van der Waals surface area contributed by atoms with E-state index >= 15 is 0 Å². The summed E-state index contributed by atoms with van der Waals surface area (Å²) >= 11 is 13.0. The largest absolute Gasteiger partial charge is 1.00 e. The van der Waals surface area contributed by atoms with Crippen LogP contribution in [-0.2, 0) is 0 Å². The van der Waals surface area contributed by atoms with Crippen molar-refractivity contribution < 1.29 is 44.9 Å². The van der Waals surface area contributed by atoms with Crippen LogP contribution in [0.4, 0.5) is 0 Å². The van der Waals surface area contributed by atoms with Gasteiger partial charge in [-0.15, -0.1) is 0 Å². The predicted molar refractivity (Wildman–Crippen MR) is 97.6 cm³/mol. The molecule has 2 aliphatic rings. The fourth-order valence-corrected chi connectivity index (χ4v) is 4.05. The molecule has 0 spiro atoms. The Morgan fingerprint density at radius 1 is 1.15 bits per heavy atom. The van der Waals surface area contributed by atoms with E-state index in [9.17, 15) is 0 Å². The van der Waals surface area contributed by atoms with Crippen LogP contribution in [-0.4, -0.2) is 75.1 Å². The van der Waals surface area contributed by atoms with Crippen molar-refractivity contribution in [3.8, 4) is 0 Å². The molecular weight excluding hydrogens is 411 g/mol. The van der Waals surface area contributed by atoms with Crippen LogP contribution in [0, 0.1) is 0 Å². The zero-order chi connectivity index (χ0) is 14.9.